The lowest BCUT2D eigenvalue weighted by molar-refractivity contribution is -0.261. The minimum absolute atomic E-state index is 0.0456. The summed E-state index contributed by atoms with van der Waals surface area (Å²) in [5, 5.41) is 21.2. The predicted octanol–water partition coefficient (Wildman–Crippen LogP) is 5.83. The van der Waals surface area contributed by atoms with Crippen LogP contribution in [0, 0.1) is 56.2 Å². The molecule has 5 saturated carbocycles. The second-order valence-electron chi connectivity index (χ2n) is 15.3. The molecule has 1 saturated heterocycles. The van der Waals surface area contributed by atoms with Gasteiger partial charge in [-0.05, 0) is 104 Å². The summed E-state index contributed by atoms with van der Waals surface area (Å²) in [6.45, 7) is 14.5. The van der Waals surface area contributed by atoms with Gasteiger partial charge < -0.3 is 14.9 Å². The fraction of sp³-hybridized carbons (Fsp3) is 0.933. The Morgan fingerprint density at radius 1 is 0.886 bits per heavy atom. The quantitative estimate of drug-likeness (QED) is 0.487. The number of carboxylic acid groups (broad SMARTS) is 1. The van der Waals surface area contributed by atoms with E-state index in [9.17, 15) is 19.8 Å². The van der Waals surface area contributed by atoms with Gasteiger partial charge >= 0.3 is 5.97 Å². The van der Waals surface area contributed by atoms with Gasteiger partial charge in [-0.25, -0.2) is 0 Å². The summed E-state index contributed by atoms with van der Waals surface area (Å²) in [5.74, 6) is -1.28. The average Bonchev–Trinajstić information content (AvgIpc) is 2.97. The van der Waals surface area contributed by atoms with E-state index >= 15 is 0 Å². The van der Waals surface area contributed by atoms with Crippen molar-refractivity contribution in [1.82, 2.24) is 0 Å². The highest BCUT2D eigenvalue weighted by Crippen LogP contribution is 2.79. The summed E-state index contributed by atoms with van der Waals surface area (Å²) in [6.07, 6.45) is 9.75. The van der Waals surface area contributed by atoms with Gasteiger partial charge in [-0.15, -0.1) is 0 Å². The first-order valence-electron chi connectivity index (χ1n) is 14.2. The molecule has 0 radical (unpaired) electrons. The number of carbonyl (C=O) groups excluding carboxylic acids is 1. The topological polar surface area (TPSA) is 83.8 Å². The maximum atomic E-state index is 13.2. The molecule has 1 heterocycles. The lowest BCUT2D eigenvalue weighted by atomic mass is 9.30. The van der Waals surface area contributed by atoms with E-state index in [-0.39, 0.29) is 44.7 Å². The van der Waals surface area contributed by atoms with E-state index < -0.39 is 17.2 Å². The molecule has 11 atom stereocenters. The Morgan fingerprint density at radius 3 is 2.20 bits per heavy atom. The first-order valence-corrected chi connectivity index (χ1v) is 14.2. The molecule has 1 aliphatic heterocycles. The van der Waals surface area contributed by atoms with Crippen LogP contribution in [0.25, 0.3) is 0 Å². The lowest BCUT2D eigenvalue weighted by Gasteiger charge is -2.74. The summed E-state index contributed by atoms with van der Waals surface area (Å²) >= 11 is 0. The molecule has 0 aromatic rings. The van der Waals surface area contributed by atoms with Gasteiger partial charge in [-0.3, -0.25) is 9.59 Å². The molecule has 35 heavy (non-hydrogen) atoms. The van der Waals surface area contributed by atoms with Crippen molar-refractivity contribution in [3.63, 3.8) is 0 Å². The third-order valence-electron chi connectivity index (χ3n) is 14.5. The van der Waals surface area contributed by atoms with Crippen LogP contribution < -0.4 is 0 Å². The molecule has 1 spiro atoms. The van der Waals surface area contributed by atoms with Crippen LogP contribution in [0.4, 0.5) is 0 Å². The SMILES string of the molecule is C[C@@H]1[C@]23CC[C@H]4[C@@](C)(CC[C@@]5(C)[C@@H]6C[C@](C)(C(=O)O)CC[C@]6(C)CC[C@]45C)[C@@H]2CC(=O)[C@]1(O)OC3. The maximum absolute atomic E-state index is 13.2. The van der Waals surface area contributed by atoms with Crippen molar-refractivity contribution in [1.29, 1.82) is 0 Å². The number of fused-ring (bicyclic) bond motifs is 7. The highest BCUT2D eigenvalue weighted by atomic mass is 16.6. The number of ketones is 1. The van der Waals surface area contributed by atoms with Gasteiger partial charge in [-0.1, -0.05) is 34.6 Å². The summed E-state index contributed by atoms with van der Waals surface area (Å²) in [5.41, 5.74) is -0.236. The van der Waals surface area contributed by atoms with Crippen LogP contribution in [0.3, 0.4) is 0 Å². The molecule has 6 aliphatic rings. The van der Waals surface area contributed by atoms with E-state index in [1.807, 2.05) is 6.92 Å². The molecule has 2 bridgehead atoms. The van der Waals surface area contributed by atoms with Gasteiger partial charge in [0.1, 0.15) is 0 Å². The Balaban J connectivity index is 1.41. The number of hydrogen-bond acceptors (Lipinski definition) is 4. The van der Waals surface area contributed by atoms with Gasteiger partial charge in [0, 0.05) is 17.8 Å². The molecular weight excluding hydrogens is 440 g/mol. The van der Waals surface area contributed by atoms with Crippen molar-refractivity contribution in [3.8, 4) is 0 Å². The van der Waals surface area contributed by atoms with E-state index in [4.69, 9.17) is 4.74 Å². The number of hydrogen-bond donors (Lipinski definition) is 2. The monoisotopic (exact) mass is 486 g/mol. The van der Waals surface area contributed by atoms with E-state index in [0.29, 0.717) is 24.9 Å². The van der Waals surface area contributed by atoms with E-state index in [2.05, 4.69) is 34.6 Å². The Labute approximate surface area is 210 Å². The van der Waals surface area contributed by atoms with Crippen molar-refractivity contribution < 1.29 is 24.5 Å². The zero-order chi connectivity index (χ0) is 25.4. The van der Waals surface area contributed by atoms with Gasteiger partial charge in [0.15, 0.2) is 5.78 Å². The molecule has 0 amide bonds. The van der Waals surface area contributed by atoms with E-state index in [1.54, 1.807) is 0 Å². The summed E-state index contributed by atoms with van der Waals surface area (Å²) in [6, 6.07) is 0. The first kappa shape index (κ1) is 24.4. The highest BCUT2D eigenvalue weighted by Gasteiger charge is 2.75. The minimum atomic E-state index is -1.58. The Kier molecular flexibility index (Phi) is 4.69. The number of rotatable bonds is 1. The van der Waals surface area contributed by atoms with Crippen LogP contribution in [0.5, 0.6) is 0 Å². The van der Waals surface area contributed by atoms with Crippen LogP contribution in [0.1, 0.15) is 106 Å². The Bertz CT molecular complexity index is 993. The Hall–Kier alpha value is -0.940. The molecule has 0 aromatic carbocycles. The molecule has 6 fully saturated rings. The normalized spacial score (nSPS) is 61.3. The van der Waals surface area contributed by atoms with Crippen molar-refractivity contribution in [3.05, 3.63) is 0 Å². The van der Waals surface area contributed by atoms with Crippen molar-refractivity contribution in [2.24, 2.45) is 56.2 Å². The fourth-order valence-electron chi connectivity index (χ4n) is 11.7. The second-order valence-corrected chi connectivity index (χ2v) is 15.3. The maximum Gasteiger partial charge on any atom is 0.309 e. The number of aliphatic hydroxyl groups is 1. The van der Waals surface area contributed by atoms with Crippen LogP contribution >= 0.6 is 0 Å². The lowest BCUT2D eigenvalue weighted by Crippen LogP contribution is -2.69. The van der Waals surface area contributed by atoms with Crippen molar-refractivity contribution >= 4 is 11.8 Å². The molecule has 2 N–H and O–H groups in total. The average molecular weight is 487 g/mol. The molecule has 0 aromatic heterocycles. The van der Waals surface area contributed by atoms with E-state index in [0.717, 1.165) is 44.9 Å². The van der Waals surface area contributed by atoms with Crippen molar-refractivity contribution in [2.45, 2.75) is 112 Å². The number of carbonyl (C=O) groups is 2. The van der Waals surface area contributed by atoms with Gasteiger partial charge in [0.2, 0.25) is 5.79 Å². The first-order chi connectivity index (χ1) is 16.1. The molecular formula is C30H46O5. The van der Waals surface area contributed by atoms with Gasteiger partial charge in [0.25, 0.3) is 0 Å². The zero-order valence-corrected chi connectivity index (χ0v) is 22.7. The number of carboxylic acids is 1. The zero-order valence-electron chi connectivity index (χ0n) is 22.7. The summed E-state index contributed by atoms with van der Waals surface area (Å²) in [4.78, 5) is 25.5. The van der Waals surface area contributed by atoms with Crippen LogP contribution in [-0.2, 0) is 14.3 Å². The van der Waals surface area contributed by atoms with Crippen LogP contribution in [-0.4, -0.2) is 34.4 Å². The molecule has 5 aliphatic carbocycles. The van der Waals surface area contributed by atoms with E-state index in [1.165, 1.54) is 12.8 Å². The molecule has 5 nitrogen and oxygen atoms in total. The molecule has 6 rings (SSSR count). The number of ether oxygens (including phenoxy) is 1. The predicted molar refractivity (Wildman–Crippen MR) is 132 cm³/mol. The minimum Gasteiger partial charge on any atom is -0.481 e. The summed E-state index contributed by atoms with van der Waals surface area (Å²) in [7, 11) is 0. The fourth-order valence-corrected chi connectivity index (χ4v) is 11.7. The largest absolute Gasteiger partial charge is 0.481 e. The van der Waals surface area contributed by atoms with Crippen LogP contribution in [0.15, 0.2) is 0 Å². The number of Topliss-reactive ketones (excluding diaryl/α,β-unsaturated/α-hetero) is 1. The summed E-state index contributed by atoms with van der Waals surface area (Å²) < 4.78 is 5.91. The molecule has 196 valence electrons. The smallest absolute Gasteiger partial charge is 0.309 e. The molecule has 5 heteroatoms. The third-order valence-corrected chi connectivity index (χ3v) is 14.5. The van der Waals surface area contributed by atoms with Gasteiger partial charge in [0.05, 0.1) is 12.0 Å². The van der Waals surface area contributed by atoms with Crippen molar-refractivity contribution in [2.75, 3.05) is 6.61 Å². The van der Waals surface area contributed by atoms with Gasteiger partial charge in [-0.2, -0.15) is 0 Å². The molecule has 0 unspecified atom stereocenters. The Morgan fingerprint density at radius 2 is 1.51 bits per heavy atom. The highest BCUT2D eigenvalue weighted by molar-refractivity contribution is 5.88. The standard InChI is InChI=1S/C30H46O5/c1-18-29-8-7-19-26(4,20(29)15-22(31)30(18,34)35-17-29)12-14-28(6)21-16-25(3,23(32)33)10-9-24(21,2)11-13-27(19,28)5/h18-21,34H,7-17H2,1-6H3,(H,32,33)/t18-,19+,20+,21-,24-,25-,26-,27-,28+,29-,30-/m1/s1. The van der Waals surface area contributed by atoms with Crippen LogP contribution in [0.2, 0.25) is 0 Å². The third kappa shape index (κ3) is 2.59. The second kappa shape index (κ2) is 6.73. The number of aliphatic carboxylic acids is 1.